The van der Waals surface area contributed by atoms with Crippen molar-refractivity contribution in [2.45, 2.75) is 45.8 Å². The molecule has 0 amide bonds. The monoisotopic (exact) mass is 414 g/mol. The summed E-state index contributed by atoms with van der Waals surface area (Å²) >= 11 is 0. The van der Waals surface area contributed by atoms with Gasteiger partial charge in [0.05, 0.1) is 6.61 Å². The average molecular weight is 415 g/mol. The van der Waals surface area contributed by atoms with Crippen LogP contribution in [0.5, 0.6) is 0 Å². The van der Waals surface area contributed by atoms with E-state index in [2.05, 4.69) is 56.0 Å². The summed E-state index contributed by atoms with van der Waals surface area (Å²) in [5.74, 6) is -0.435. The van der Waals surface area contributed by atoms with Crippen LogP contribution in [-0.2, 0) is 29.2 Å². The van der Waals surface area contributed by atoms with E-state index in [1.165, 1.54) is 30.9 Å². The quantitative estimate of drug-likeness (QED) is 0.235. The molecule has 1 N–H and O–H groups in total. The van der Waals surface area contributed by atoms with E-state index in [4.69, 9.17) is 4.74 Å². The van der Waals surface area contributed by atoms with Gasteiger partial charge in [-0.25, -0.2) is 4.79 Å². The predicted octanol–water partition coefficient (Wildman–Crippen LogP) is 6.47. The topological polar surface area (TPSA) is 46.5 Å². The predicted molar refractivity (Wildman–Crippen MR) is 126 cm³/mol. The van der Waals surface area contributed by atoms with Crippen LogP contribution < -0.4 is 0 Å². The first kappa shape index (κ1) is 22.5. The standard InChI is InChI=1S/C28H30O3/c1-3-5-6-7-21-8-14-24(15-9-21)27-17-16-25(18-26(27)20-31-28(30)4-2)23-12-10-22(19-29)11-13-23/h4,8-18,29H,2-3,5-7,19-20H2,1H3. The zero-order valence-corrected chi connectivity index (χ0v) is 18.1. The molecule has 160 valence electrons. The summed E-state index contributed by atoms with van der Waals surface area (Å²) in [7, 11) is 0. The molecule has 0 aliphatic rings. The van der Waals surface area contributed by atoms with E-state index in [1.54, 1.807) is 0 Å². The van der Waals surface area contributed by atoms with Gasteiger partial charge in [0, 0.05) is 6.08 Å². The first-order chi connectivity index (χ1) is 15.1. The number of hydrogen-bond acceptors (Lipinski definition) is 3. The molecule has 3 aromatic carbocycles. The van der Waals surface area contributed by atoms with Crippen molar-refractivity contribution < 1.29 is 14.6 Å². The molecule has 3 nitrogen and oxygen atoms in total. The first-order valence-electron chi connectivity index (χ1n) is 10.9. The number of benzene rings is 3. The fraction of sp³-hybridized carbons (Fsp3) is 0.250. The second-order valence-electron chi connectivity index (χ2n) is 7.69. The van der Waals surface area contributed by atoms with Crippen LogP contribution in [0.1, 0.15) is 42.9 Å². The Morgan fingerprint density at radius 2 is 1.55 bits per heavy atom. The Balaban J connectivity index is 1.90. The van der Waals surface area contributed by atoms with Crippen molar-refractivity contribution in [3.63, 3.8) is 0 Å². The SMILES string of the molecule is C=CC(=O)OCc1cc(-c2ccc(CO)cc2)ccc1-c1ccc(CCCCC)cc1. The van der Waals surface area contributed by atoms with Crippen LogP contribution in [0.4, 0.5) is 0 Å². The summed E-state index contributed by atoms with van der Waals surface area (Å²) in [5, 5.41) is 9.27. The molecule has 0 aliphatic heterocycles. The lowest BCUT2D eigenvalue weighted by Gasteiger charge is -2.13. The Morgan fingerprint density at radius 1 is 0.903 bits per heavy atom. The zero-order valence-electron chi connectivity index (χ0n) is 18.1. The molecule has 0 atom stereocenters. The number of unbranched alkanes of at least 4 members (excludes halogenated alkanes) is 2. The van der Waals surface area contributed by atoms with Gasteiger partial charge in [0.25, 0.3) is 0 Å². The van der Waals surface area contributed by atoms with Crippen molar-refractivity contribution in [2.24, 2.45) is 0 Å². The summed E-state index contributed by atoms with van der Waals surface area (Å²) in [4.78, 5) is 11.7. The van der Waals surface area contributed by atoms with Crippen LogP contribution in [-0.4, -0.2) is 11.1 Å². The molecule has 0 spiro atoms. The largest absolute Gasteiger partial charge is 0.458 e. The fourth-order valence-electron chi connectivity index (χ4n) is 3.61. The summed E-state index contributed by atoms with van der Waals surface area (Å²) in [6, 6.07) is 22.7. The van der Waals surface area contributed by atoms with Crippen molar-refractivity contribution in [3.8, 4) is 22.3 Å². The van der Waals surface area contributed by atoms with Gasteiger partial charge in [-0.2, -0.15) is 0 Å². The average Bonchev–Trinajstić information content (AvgIpc) is 2.83. The van der Waals surface area contributed by atoms with Gasteiger partial charge in [0.2, 0.25) is 0 Å². The number of aryl methyl sites for hydroxylation is 1. The van der Waals surface area contributed by atoms with Crippen LogP contribution in [0.3, 0.4) is 0 Å². The maximum atomic E-state index is 11.7. The van der Waals surface area contributed by atoms with Gasteiger partial charge in [0.1, 0.15) is 6.61 Å². The van der Waals surface area contributed by atoms with E-state index in [9.17, 15) is 9.90 Å². The molecule has 0 unspecified atom stereocenters. The minimum absolute atomic E-state index is 0.0242. The number of ether oxygens (including phenoxy) is 1. The molecular formula is C28H30O3. The molecule has 3 aromatic rings. The van der Waals surface area contributed by atoms with Crippen LogP contribution >= 0.6 is 0 Å². The van der Waals surface area contributed by atoms with Gasteiger partial charge in [-0.05, 0) is 57.9 Å². The van der Waals surface area contributed by atoms with Gasteiger partial charge >= 0.3 is 5.97 Å². The highest BCUT2D eigenvalue weighted by molar-refractivity contribution is 5.81. The maximum Gasteiger partial charge on any atom is 0.330 e. The maximum absolute atomic E-state index is 11.7. The Bertz CT molecular complexity index is 1000. The molecular weight excluding hydrogens is 384 g/mol. The van der Waals surface area contributed by atoms with Crippen molar-refractivity contribution in [1.82, 2.24) is 0 Å². The fourth-order valence-corrected chi connectivity index (χ4v) is 3.61. The summed E-state index contributed by atoms with van der Waals surface area (Å²) in [6.07, 6.45) is 5.96. The normalized spacial score (nSPS) is 10.6. The second-order valence-corrected chi connectivity index (χ2v) is 7.69. The Kier molecular flexibility index (Phi) is 8.19. The molecule has 0 bridgehead atoms. The van der Waals surface area contributed by atoms with E-state index < -0.39 is 5.97 Å². The summed E-state index contributed by atoms with van der Waals surface area (Å²) in [6.45, 7) is 5.90. The summed E-state index contributed by atoms with van der Waals surface area (Å²) < 4.78 is 5.37. The van der Waals surface area contributed by atoms with Gasteiger partial charge in [-0.1, -0.05) is 87.0 Å². The van der Waals surface area contributed by atoms with E-state index in [0.29, 0.717) is 0 Å². The number of aliphatic hydroxyl groups is 1. The molecule has 0 fully saturated rings. The van der Waals surface area contributed by atoms with Crippen LogP contribution in [0.25, 0.3) is 22.3 Å². The molecule has 3 rings (SSSR count). The highest BCUT2D eigenvalue weighted by atomic mass is 16.5. The van der Waals surface area contributed by atoms with Crippen molar-refractivity contribution in [1.29, 1.82) is 0 Å². The van der Waals surface area contributed by atoms with Crippen LogP contribution in [0, 0.1) is 0 Å². The lowest BCUT2D eigenvalue weighted by molar-refractivity contribution is -0.138. The molecule has 0 radical (unpaired) electrons. The number of hydrogen-bond donors (Lipinski definition) is 1. The van der Waals surface area contributed by atoms with E-state index in [0.717, 1.165) is 39.8 Å². The van der Waals surface area contributed by atoms with Crippen molar-refractivity contribution in [2.75, 3.05) is 0 Å². The third kappa shape index (κ3) is 6.16. The van der Waals surface area contributed by atoms with E-state index in [-0.39, 0.29) is 13.2 Å². The number of carbonyl (C=O) groups excluding carboxylic acids is 1. The first-order valence-corrected chi connectivity index (χ1v) is 10.9. The molecule has 0 heterocycles. The Morgan fingerprint density at radius 3 is 2.19 bits per heavy atom. The molecule has 0 aliphatic carbocycles. The highest BCUT2D eigenvalue weighted by Gasteiger charge is 2.10. The minimum Gasteiger partial charge on any atom is -0.458 e. The minimum atomic E-state index is -0.435. The third-order valence-corrected chi connectivity index (χ3v) is 5.45. The Labute approximate surface area is 185 Å². The molecule has 31 heavy (non-hydrogen) atoms. The molecule has 0 saturated carbocycles. The van der Waals surface area contributed by atoms with Crippen LogP contribution in [0.2, 0.25) is 0 Å². The van der Waals surface area contributed by atoms with Crippen molar-refractivity contribution in [3.05, 3.63) is 96.1 Å². The molecule has 3 heteroatoms. The molecule has 0 saturated heterocycles. The van der Waals surface area contributed by atoms with Crippen LogP contribution in [0.15, 0.2) is 79.4 Å². The number of rotatable bonds is 10. The molecule has 0 aromatic heterocycles. The Hall–Kier alpha value is -3.17. The third-order valence-electron chi connectivity index (χ3n) is 5.45. The van der Waals surface area contributed by atoms with Gasteiger partial charge in [-0.15, -0.1) is 0 Å². The van der Waals surface area contributed by atoms with E-state index >= 15 is 0 Å². The van der Waals surface area contributed by atoms with Gasteiger partial charge in [0.15, 0.2) is 0 Å². The smallest absolute Gasteiger partial charge is 0.330 e. The number of aliphatic hydroxyl groups excluding tert-OH is 1. The van der Waals surface area contributed by atoms with E-state index in [1.807, 2.05) is 24.3 Å². The van der Waals surface area contributed by atoms with Gasteiger partial charge in [-0.3, -0.25) is 0 Å². The zero-order chi connectivity index (χ0) is 22.1. The lowest BCUT2D eigenvalue weighted by Crippen LogP contribution is -2.02. The lowest BCUT2D eigenvalue weighted by atomic mass is 9.94. The van der Waals surface area contributed by atoms with Crippen molar-refractivity contribution >= 4 is 5.97 Å². The highest BCUT2D eigenvalue weighted by Crippen LogP contribution is 2.30. The number of esters is 1. The second kappa shape index (κ2) is 11.3. The summed E-state index contributed by atoms with van der Waals surface area (Å²) in [5.41, 5.74) is 7.40. The number of carbonyl (C=O) groups is 1. The van der Waals surface area contributed by atoms with Gasteiger partial charge < -0.3 is 9.84 Å².